The molecular formula is C26H53N15O6. The molecule has 0 aromatic carbocycles. The van der Waals surface area contributed by atoms with Gasteiger partial charge in [-0.25, -0.2) is 0 Å². The van der Waals surface area contributed by atoms with Crippen molar-refractivity contribution >= 4 is 47.4 Å². The normalized spacial score (nSPS) is 13.9. The highest BCUT2D eigenvalue weighted by Crippen LogP contribution is 2.06. The lowest BCUT2D eigenvalue weighted by Gasteiger charge is -2.26. The van der Waals surface area contributed by atoms with Gasteiger partial charge in [-0.15, -0.1) is 0 Å². The van der Waals surface area contributed by atoms with Gasteiger partial charge < -0.3 is 71.0 Å². The van der Waals surface area contributed by atoms with Crippen LogP contribution in [-0.2, 0) is 24.0 Å². The molecule has 0 bridgehead atoms. The molecule has 47 heavy (non-hydrogen) atoms. The maximum absolute atomic E-state index is 13.5. The zero-order valence-corrected chi connectivity index (χ0v) is 26.9. The Labute approximate surface area is 273 Å². The van der Waals surface area contributed by atoms with E-state index in [1.54, 1.807) is 13.8 Å². The molecule has 21 nitrogen and oxygen atoms in total. The molecule has 0 radical (unpaired) electrons. The topological polar surface area (TPSA) is 391 Å². The van der Waals surface area contributed by atoms with Crippen LogP contribution in [0.2, 0.25) is 0 Å². The fourth-order valence-corrected chi connectivity index (χ4v) is 3.99. The number of amides is 5. The number of nitrogens with two attached hydrogens (primary N) is 5. The summed E-state index contributed by atoms with van der Waals surface area (Å²) >= 11 is 0. The quantitative estimate of drug-likeness (QED) is 0.0274. The third-order valence-corrected chi connectivity index (χ3v) is 6.72. The number of hydrogen-bond donors (Lipinski definition) is 16. The molecule has 0 aliphatic carbocycles. The minimum Gasteiger partial charge on any atom is -0.394 e. The van der Waals surface area contributed by atoms with E-state index in [9.17, 15) is 29.1 Å². The molecule has 0 aromatic rings. The predicted octanol–water partition coefficient (Wildman–Crippen LogP) is -5.82. The Hall–Kier alpha value is -4.92. The Balaban J connectivity index is 5.95. The lowest BCUT2D eigenvalue weighted by Crippen LogP contribution is -2.59. The molecule has 0 fully saturated rings. The third kappa shape index (κ3) is 18.6. The Morgan fingerprint density at radius 1 is 0.574 bits per heavy atom. The molecule has 5 atom stereocenters. The van der Waals surface area contributed by atoms with E-state index in [-0.39, 0.29) is 75.5 Å². The molecule has 0 heterocycles. The Kier molecular flexibility index (Phi) is 20.2. The number of nitrogens with one attached hydrogen (secondary N) is 10. The van der Waals surface area contributed by atoms with Crippen molar-refractivity contribution in [2.24, 2.45) is 34.6 Å². The first-order chi connectivity index (χ1) is 22.0. The van der Waals surface area contributed by atoms with Crippen LogP contribution in [0.3, 0.4) is 0 Å². The van der Waals surface area contributed by atoms with Gasteiger partial charge in [0.05, 0.1) is 12.6 Å². The van der Waals surface area contributed by atoms with E-state index in [1.807, 2.05) is 0 Å². The van der Waals surface area contributed by atoms with Crippen molar-refractivity contribution in [3.63, 3.8) is 0 Å². The molecule has 21 heteroatoms. The number of carbonyl (C=O) groups is 5. The molecule has 0 aliphatic rings. The van der Waals surface area contributed by atoms with Crippen LogP contribution >= 0.6 is 0 Å². The van der Waals surface area contributed by atoms with Crippen molar-refractivity contribution in [3.8, 4) is 0 Å². The summed E-state index contributed by atoms with van der Waals surface area (Å²) in [6.45, 7) is 3.19. The monoisotopic (exact) mass is 671 g/mol. The number of carbonyl (C=O) groups excluding carboxylic acids is 5. The second-order valence-corrected chi connectivity index (χ2v) is 11.0. The highest BCUT2D eigenvalue weighted by molar-refractivity contribution is 5.95. The van der Waals surface area contributed by atoms with E-state index < -0.39 is 66.4 Å². The zero-order valence-electron chi connectivity index (χ0n) is 26.9. The summed E-state index contributed by atoms with van der Waals surface area (Å²) < 4.78 is 0. The van der Waals surface area contributed by atoms with Gasteiger partial charge in [0.1, 0.15) is 24.2 Å². The van der Waals surface area contributed by atoms with Crippen LogP contribution in [0.15, 0.2) is 0 Å². The van der Waals surface area contributed by atoms with Gasteiger partial charge in [0, 0.05) is 19.6 Å². The summed E-state index contributed by atoms with van der Waals surface area (Å²) in [5.74, 6) is -5.10. The second kappa shape index (κ2) is 22.6. The molecule has 0 saturated heterocycles. The van der Waals surface area contributed by atoms with E-state index in [1.165, 1.54) is 0 Å². The minimum absolute atomic E-state index is 0.0112. The molecule has 0 aliphatic heterocycles. The predicted molar refractivity (Wildman–Crippen MR) is 174 cm³/mol. The van der Waals surface area contributed by atoms with Gasteiger partial charge in [-0.05, 0) is 44.4 Å². The van der Waals surface area contributed by atoms with Crippen LogP contribution in [0.1, 0.15) is 52.4 Å². The van der Waals surface area contributed by atoms with Gasteiger partial charge in [-0.1, -0.05) is 13.8 Å². The van der Waals surface area contributed by atoms with Crippen molar-refractivity contribution in [1.29, 1.82) is 16.2 Å². The van der Waals surface area contributed by atoms with E-state index in [4.69, 9.17) is 44.9 Å². The number of rotatable bonds is 23. The van der Waals surface area contributed by atoms with Crippen molar-refractivity contribution in [1.82, 2.24) is 37.2 Å². The fourth-order valence-electron chi connectivity index (χ4n) is 3.99. The van der Waals surface area contributed by atoms with Gasteiger partial charge >= 0.3 is 0 Å². The molecule has 0 rings (SSSR count). The molecule has 0 aromatic heterocycles. The van der Waals surface area contributed by atoms with Crippen LogP contribution in [0.25, 0.3) is 0 Å². The van der Waals surface area contributed by atoms with E-state index in [0.717, 1.165) is 0 Å². The first-order valence-corrected chi connectivity index (χ1v) is 15.1. The standard InChI is InChI=1S/C26H53N15O6/c1-13(2)18(27)23(47)41-17(12-42)22(46)40-16(8-5-11-37-26(33)34)21(45)39-15(7-4-10-36-25(31)32)20(44)38-14(19(28)43)6-3-9-35-24(29)30/h13-18,42H,3-12,27H2,1-2H3,(H2,28,43)(H,38,44)(H,39,45)(H,40,46)(H,41,47)(H4,29,30,35)(H4,31,32,36)(H4,33,34,37)/t14-,15-,16-,17-,18-/m0/s1. The summed E-state index contributed by atoms with van der Waals surface area (Å²) in [7, 11) is 0. The first-order valence-electron chi connectivity index (χ1n) is 15.1. The zero-order chi connectivity index (χ0) is 36.1. The molecule has 0 spiro atoms. The molecule has 5 amide bonds. The minimum atomic E-state index is -1.44. The largest absolute Gasteiger partial charge is 0.394 e. The van der Waals surface area contributed by atoms with Crippen LogP contribution < -0.4 is 65.9 Å². The fraction of sp³-hybridized carbons (Fsp3) is 0.692. The van der Waals surface area contributed by atoms with E-state index >= 15 is 0 Å². The van der Waals surface area contributed by atoms with Crippen molar-refractivity contribution in [2.45, 2.75) is 82.6 Å². The van der Waals surface area contributed by atoms with Crippen molar-refractivity contribution in [3.05, 3.63) is 0 Å². The summed E-state index contributed by atoms with van der Waals surface area (Å²) in [6.07, 6.45) is 0.900. The summed E-state index contributed by atoms with van der Waals surface area (Å²) in [4.78, 5) is 64.4. The molecular weight excluding hydrogens is 618 g/mol. The number of hydrogen-bond acceptors (Lipinski definition) is 10. The lowest BCUT2D eigenvalue weighted by atomic mass is 10.0. The van der Waals surface area contributed by atoms with Crippen molar-refractivity contribution in [2.75, 3.05) is 26.2 Å². The smallest absolute Gasteiger partial charge is 0.245 e. The van der Waals surface area contributed by atoms with Gasteiger partial charge in [0.15, 0.2) is 17.9 Å². The molecule has 0 unspecified atom stereocenters. The van der Waals surface area contributed by atoms with E-state index in [0.29, 0.717) is 6.42 Å². The first kappa shape index (κ1) is 42.1. The highest BCUT2D eigenvalue weighted by atomic mass is 16.3. The van der Waals surface area contributed by atoms with Crippen molar-refractivity contribution < 1.29 is 29.1 Å². The Morgan fingerprint density at radius 2 is 0.894 bits per heavy atom. The lowest BCUT2D eigenvalue weighted by molar-refractivity contribution is -0.135. The van der Waals surface area contributed by atoms with Gasteiger partial charge in [0.25, 0.3) is 0 Å². The summed E-state index contributed by atoms with van der Waals surface area (Å²) in [5, 5.41) is 49.3. The number of guanidine groups is 3. The van der Waals surface area contributed by atoms with Crippen LogP contribution in [0, 0.1) is 22.1 Å². The van der Waals surface area contributed by atoms with Crippen LogP contribution in [0.5, 0.6) is 0 Å². The maximum atomic E-state index is 13.5. The SMILES string of the molecule is CC(C)[C@H](N)C(=O)N[C@@H](CO)C(=O)N[C@@H](CCCNC(=N)N)C(=O)N[C@@H](CCCNC(=N)N)C(=O)N[C@@H](CCCNC(=N)N)C(N)=O. The summed E-state index contributed by atoms with van der Waals surface area (Å²) in [5.41, 5.74) is 27.2. The molecule has 268 valence electrons. The third-order valence-electron chi connectivity index (χ3n) is 6.72. The Bertz CT molecular complexity index is 1090. The number of aliphatic hydroxyl groups excluding tert-OH is 1. The second-order valence-electron chi connectivity index (χ2n) is 11.0. The van der Waals surface area contributed by atoms with Gasteiger partial charge in [-0.2, -0.15) is 0 Å². The average Bonchev–Trinajstić information content (AvgIpc) is 2.98. The highest BCUT2D eigenvalue weighted by Gasteiger charge is 2.31. The molecule has 21 N–H and O–H groups in total. The summed E-state index contributed by atoms with van der Waals surface area (Å²) in [6, 6.07) is -6.04. The van der Waals surface area contributed by atoms with Crippen LogP contribution in [-0.4, -0.2) is 109 Å². The maximum Gasteiger partial charge on any atom is 0.245 e. The van der Waals surface area contributed by atoms with Gasteiger partial charge in [-0.3, -0.25) is 40.2 Å². The van der Waals surface area contributed by atoms with Crippen LogP contribution in [0.4, 0.5) is 0 Å². The number of primary amides is 1. The van der Waals surface area contributed by atoms with Gasteiger partial charge in [0.2, 0.25) is 29.5 Å². The average molecular weight is 672 g/mol. The van der Waals surface area contributed by atoms with E-state index in [2.05, 4.69) is 37.2 Å². The Morgan fingerprint density at radius 3 is 1.21 bits per heavy atom. The number of aliphatic hydroxyl groups is 1. The molecule has 0 saturated carbocycles.